The number of hydrogen-bond donors (Lipinski definition) is 2. The molecule has 1 rings (SSSR count). The largest absolute Gasteiger partial charge is 0.396 e. The predicted molar refractivity (Wildman–Crippen MR) is 74.8 cm³/mol. The van der Waals surface area contributed by atoms with Gasteiger partial charge in [0.2, 0.25) is 0 Å². The number of thioether (sulfide) groups is 1. The molecular weight excluding hydrogens is 305 g/mol. The van der Waals surface area contributed by atoms with Gasteiger partial charge in [-0.3, -0.25) is 0 Å². The molecule has 0 bridgehead atoms. The normalized spacial score (nSPS) is 12.7. The Morgan fingerprint density at radius 2 is 2.29 bits per heavy atom. The third-order valence-electron chi connectivity index (χ3n) is 2.47. The number of aliphatic hydroxyl groups excluding tert-OH is 1. The summed E-state index contributed by atoms with van der Waals surface area (Å²) < 4.78 is 14.3. The van der Waals surface area contributed by atoms with E-state index in [0.717, 1.165) is 10.2 Å². The van der Waals surface area contributed by atoms with Gasteiger partial charge >= 0.3 is 0 Å². The molecule has 0 aromatic heterocycles. The monoisotopic (exact) mass is 321 g/mol. The van der Waals surface area contributed by atoms with E-state index in [-0.39, 0.29) is 18.5 Å². The Morgan fingerprint density at radius 1 is 1.53 bits per heavy atom. The summed E-state index contributed by atoms with van der Waals surface area (Å²) in [6.07, 6.45) is 2.71. The highest BCUT2D eigenvalue weighted by atomic mass is 79.9. The van der Waals surface area contributed by atoms with Gasteiger partial charge in [-0.05, 0) is 24.8 Å². The van der Waals surface area contributed by atoms with Crippen LogP contribution in [0.2, 0.25) is 0 Å². The Kier molecular flexibility index (Phi) is 7.11. The molecule has 0 saturated carbocycles. The Hall–Kier alpha value is -0.100. The van der Waals surface area contributed by atoms with E-state index in [2.05, 4.69) is 21.2 Å². The van der Waals surface area contributed by atoms with Gasteiger partial charge in [0.15, 0.2) is 0 Å². The SMILES string of the molecule is CSC[C@@H](CCO)NCc1c(F)cccc1Br. The smallest absolute Gasteiger partial charge is 0.128 e. The van der Waals surface area contributed by atoms with Gasteiger partial charge in [-0.25, -0.2) is 4.39 Å². The highest BCUT2D eigenvalue weighted by Crippen LogP contribution is 2.19. The summed E-state index contributed by atoms with van der Waals surface area (Å²) in [7, 11) is 0. The second kappa shape index (κ2) is 8.08. The first-order chi connectivity index (χ1) is 8.19. The number of aliphatic hydroxyl groups is 1. The Balaban J connectivity index is 2.58. The van der Waals surface area contributed by atoms with Crippen molar-refractivity contribution in [3.63, 3.8) is 0 Å². The summed E-state index contributed by atoms with van der Waals surface area (Å²) in [6, 6.07) is 5.17. The Morgan fingerprint density at radius 3 is 2.88 bits per heavy atom. The van der Waals surface area contributed by atoms with E-state index in [9.17, 15) is 4.39 Å². The van der Waals surface area contributed by atoms with Gasteiger partial charge in [-0.1, -0.05) is 22.0 Å². The van der Waals surface area contributed by atoms with Crippen molar-refractivity contribution in [1.82, 2.24) is 5.32 Å². The summed E-state index contributed by atoms with van der Waals surface area (Å²) in [5.74, 6) is 0.700. The summed E-state index contributed by atoms with van der Waals surface area (Å²) >= 11 is 5.05. The van der Waals surface area contributed by atoms with E-state index in [4.69, 9.17) is 5.11 Å². The lowest BCUT2D eigenvalue weighted by molar-refractivity contribution is 0.269. The zero-order valence-corrected chi connectivity index (χ0v) is 12.2. The van der Waals surface area contributed by atoms with Gasteiger partial charge in [-0.15, -0.1) is 0 Å². The second-order valence-corrected chi connectivity index (χ2v) is 5.51. The maximum atomic E-state index is 13.5. The molecule has 2 N–H and O–H groups in total. The molecule has 0 spiro atoms. The van der Waals surface area contributed by atoms with Gasteiger partial charge in [0.1, 0.15) is 5.82 Å². The number of benzene rings is 1. The van der Waals surface area contributed by atoms with Crippen molar-refractivity contribution in [3.05, 3.63) is 34.1 Å². The predicted octanol–water partition coefficient (Wildman–Crippen LogP) is 2.79. The van der Waals surface area contributed by atoms with Gasteiger partial charge in [0, 0.05) is 35.0 Å². The van der Waals surface area contributed by atoms with Gasteiger partial charge in [-0.2, -0.15) is 11.8 Å². The molecule has 5 heteroatoms. The number of rotatable bonds is 7. The van der Waals surface area contributed by atoms with Gasteiger partial charge in [0.25, 0.3) is 0 Å². The number of hydrogen-bond acceptors (Lipinski definition) is 3. The molecule has 0 heterocycles. The number of halogens is 2. The molecule has 0 aliphatic rings. The third-order valence-corrected chi connectivity index (χ3v) is 3.95. The first-order valence-electron chi connectivity index (χ1n) is 5.45. The van der Waals surface area contributed by atoms with Crippen LogP contribution in [0.1, 0.15) is 12.0 Å². The lowest BCUT2D eigenvalue weighted by atomic mass is 10.2. The van der Waals surface area contributed by atoms with Crippen LogP contribution >= 0.6 is 27.7 Å². The van der Waals surface area contributed by atoms with Crippen LogP contribution in [0, 0.1) is 5.82 Å². The standard InChI is InChI=1S/C12H17BrFNOS/c1-17-8-9(5-6-16)15-7-10-11(13)3-2-4-12(10)14/h2-4,9,15-16H,5-8H2,1H3/t9-/m1/s1. The Labute approximate surface area is 114 Å². The molecule has 96 valence electrons. The summed E-state index contributed by atoms with van der Waals surface area (Å²) in [5.41, 5.74) is 0.636. The van der Waals surface area contributed by atoms with E-state index >= 15 is 0 Å². The van der Waals surface area contributed by atoms with Crippen molar-refractivity contribution in [3.8, 4) is 0 Å². The van der Waals surface area contributed by atoms with Crippen LogP contribution in [0.3, 0.4) is 0 Å². The maximum absolute atomic E-state index is 13.5. The first kappa shape index (κ1) is 15.0. The van der Waals surface area contributed by atoms with Crippen LogP contribution in [0.5, 0.6) is 0 Å². The van der Waals surface area contributed by atoms with Crippen molar-refractivity contribution in [2.45, 2.75) is 19.0 Å². The van der Waals surface area contributed by atoms with Crippen LogP contribution in [0.25, 0.3) is 0 Å². The highest BCUT2D eigenvalue weighted by Gasteiger charge is 2.10. The molecule has 0 fully saturated rings. The molecule has 1 aromatic carbocycles. The zero-order chi connectivity index (χ0) is 12.7. The maximum Gasteiger partial charge on any atom is 0.128 e. The zero-order valence-electron chi connectivity index (χ0n) is 9.75. The molecule has 0 saturated heterocycles. The van der Waals surface area contributed by atoms with E-state index in [0.29, 0.717) is 18.5 Å². The summed E-state index contributed by atoms with van der Waals surface area (Å²) in [5, 5.41) is 12.2. The van der Waals surface area contributed by atoms with Crippen LogP contribution in [-0.4, -0.2) is 29.8 Å². The van der Waals surface area contributed by atoms with E-state index < -0.39 is 0 Å². The van der Waals surface area contributed by atoms with Crippen LogP contribution < -0.4 is 5.32 Å². The van der Waals surface area contributed by atoms with Gasteiger partial charge < -0.3 is 10.4 Å². The molecule has 17 heavy (non-hydrogen) atoms. The van der Waals surface area contributed by atoms with Crippen molar-refractivity contribution in [1.29, 1.82) is 0 Å². The van der Waals surface area contributed by atoms with Crippen molar-refractivity contribution >= 4 is 27.7 Å². The minimum Gasteiger partial charge on any atom is -0.396 e. The topological polar surface area (TPSA) is 32.3 Å². The molecule has 0 unspecified atom stereocenters. The average Bonchev–Trinajstić information content (AvgIpc) is 2.29. The molecule has 0 aliphatic carbocycles. The fraction of sp³-hybridized carbons (Fsp3) is 0.500. The second-order valence-electron chi connectivity index (χ2n) is 3.75. The molecule has 0 aliphatic heterocycles. The summed E-state index contributed by atoms with van der Waals surface area (Å²) in [4.78, 5) is 0. The van der Waals surface area contributed by atoms with Gasteiger partial charge in [0.05, 0.1) is 0 Å². The molecule has 1 aromatic rings. The van der Waals surface area contributed by atoms with E-state index in [1.54, 1.807) is 17.8 Å². The lowest BCUT2D eigenvalue weighted by Crippen LogP contribution is -2.32. The van der Waals surface area contributed by atoms with E-state index in [1.165, 1.54) is 6.07 Å². The average molecular weight is 322 g/mol. The van der Waals surface area contributed by atoms with Crippen molar-refractivity contribution in [2.75, 3.05) is 18.6 Å². The molecule has 2 nitrogen and oxygen atoms in total. The van der Waals surface area contributed by atoms with Crippen molar-refractivity contribution in [2.24, 2.45) is 0 Å². The molecule has 1 atom stereocenters. The van der Waals surface area contributed by atoms with Crippen LogP contribution in [0.15, 0.2) is 22.7 Å². The third kappa shape index (κ3) is 4.95. The van der Waals surface area contributed by atoms with Crippen LogP contribution in [-0.2, 0) is 6.54 Å². The molecule has 0 radical (unpaired) electrons. The van der Waals surface area contributed by atoms with E-state index in [1.807, 2.05) is 12.3 Å². The minimum atomic E-state index is -0.209. The Bertz CT molecular complexity index is 325. The van der Waals surface area contributed by atoms with Crippen LogP contribution in [0.4, 0.5) is 4.39 Å². The fourth-order valence-electron chi connectivity index (χ4n) is 1.55. The lowest BCUT2D eigenvalue weighted by Gasteiger charge is -2.17. The van der Waals surface area contributed by atoms with Crippen molar-refractivity contribution < 1.29 is 9.50 Å². The fourth-order valence-corrected chi connectivity index (χ4v) is 2.72. The molecule has 0 amide bonds. The summed E-state index contributed by atoms with van der Waals surface area (Å²) in [6.45, 7) is 0.620. The molecular formula is C12H17BrFNOS. The first-order valence-corrected chi connectivity index (χ1v) is 7.63. The highest BCUT2D eigenvalue weighted by molar-refractivity contribution is 9.10. The number of nitrogens with one attached hydrogen (secondary N) is 1. The quantitative estimate of drug-likeness (QED) is 0.810. The minimum absolute atomic E-state index is 0.149.